The molecule has 2 nitrogen and oxygen atoms in total. The fourth-order valence-corrected chi connectivity index (χ4v) is 8.57. The molecule has 7 heteroatoms. The van der Waals surface area contributed by atoms with Crippen molar-refractivity contribution in [2.24, 2.45) is 0 Å². The fraction of sp³-hybridized carbons (Fsp3) is 0.321. The Balaban J connectivity index is 1.60. The third kappa shape index (κ3) is 7.08. The predicted molar refractivity (Wildman–Crippen MR) is 240 cm³/mol. The Morgan fingerprint density at radius 2 is 0.617 bits per heavy atom. The molecule has 2 heterocycles. The maximum Gasteiger partial charge on any atom is 0.420 e. The van der Waals surface area contributed by atoms with Crippen LogP contribution in [0.1, 0.15) is 111 Å². The third-order valence-electron chi connectivity index (χ3n) is 12.1. The second-order valence-corrected chi connectivity index (χ2v) is 20.6. The molecule has 60 heavy (non-hydrogen) atoms. The van der Waals surface area contributed by atoms with Crippen molar-refractivity contribution in [1.82, 2.24) is 9.13 Å². The molecular weight excluding hydrogens is 760 g/mol. The minimum absolute atomic E-state index is 0.125. The van der Waals surface area contributed by atoms with Gasteiger partial charge in [0.1, 0.15) is 17.2 Å². The van der Waals surface area contributed by atoms with E-state index in [9.17, 15) is 0 Å². The van der Waals surface area contributed by atoms with Crippen LogP contribution in [0.25, 0.3) is 66.1 Å². The van der Waals surface area contributed by atoms with E-state index >= 15 is 22.0 Å². The maximum absolute atomic E-state index is 16.5. The molecule has 0 saturated heterocycles. The van der Waals surface area contributed by atoms with Gasteiger partial charge in [0.05, 0.1) is 33.4 Å². The van der Waals surface area contributed by atoms with Gasteiger partial charge in [-0.2, -0.15) is 13.2 Å². The average Bonchev–Trinajstić information content (AvgIpc) is 3.63. The number of rotatable bonds is 3. The number of alkyl halides is 3. The summed E-state index contributed by atoms with van der Waals surface area (Å²) in [4.78, 5) is 0. The summed E-state index contributed by atoms with van der Waals surface area (Å²) in [5, 5.41) is 3.28. The molecule has 0 atom stereocenters. The van der Waals surface area contributed by atoms with E-state index in [2.05, 4.69) is 107 Å². The van der Waals surface area contributed by atoms with Gasteiger partial charge in [0, 0.05) is 27.6 Å². The van der Waals surface area contributed by atoms with Crippen molar-refractivity contribution >= 4 is 43.6 Å². The van der Waals surface area contributed by atoms with Gasteiger partial charge >= 0.3 is 6.18 Å². The van der Waals surface area contributed by atoms with E-state index in [1.54, 1.807) is 9.13 Å². The van der Waals surface area contributed by atoms with Crippen molar-refractivity contribution in [3.8, 4) is 22.5 Å². The first-order valence-corrected chi connectivity index (χ1v) is 20.6. The van der Waals surface area contributed by atoms with E-state index < -0.39 is 23.4 Å². The summed E-state index contributed by atoms with van der Waals surface area (Å²) in [5.41, 5.74) is 4.86. The summed E-state index contributed by atoms with van der Waals surface area (Å²) in [6.07, 6.45) is -4.88. The highest BCUT2D eigenvalue weighted by Crippen LogP contribution is 2.48. The van der Waals surface area contributed by atoms with Crippen LogP contribution >= 0.6 is 0 Å². The Morgan fingerprint density at radius 3 is 0.867 bits per heavy atom. The lowest BCUT2D eigenvalue weighted by atomic mass is 9.85. The topological polar surface area (TPSA) is 9.86 Å². The standard InChI is InChI=1S/C53H53F5N2/c1-49(2,3)32-13-17-42-38(25-32)39-26-33(50(4,5)6)14-18-43(39)59(42)46-23-31(30-21-36(54)29-37(55)22-30)24-47(48(46)53(56,57)58)60-44-19-15-34(51(7,8)9)27-40(44)41-28-35(52(10,11)12)16-20-45(41)60/h13-29H,1-12H3. The Labute approximate surface area is 349 Å². The highest BCUT2D eigenvalue weighted by atomic mass is 19.4. The number of hydrogen-bond acceptors (Lipinski definition) is 0. The first kappa shape index (κ1) is 41.3. The number of benzene rings is 6. The van der Waals surface area contributed by atoms with Crippen molar-refractivity contribution in [2.45, 2.75) is 111 Å². The van der Waals surface area contributed by atoms with Crippen molar-refractivity contribution in [3.63, 3.8) is 0 Å². The van der Waals surface area contributed by atoms with Gasteiger partial charge in [-0.05, 0) is 128 Å². The maximum atomic E-state index is 16.5. The van der Waals surface area contributed by atoms with Crippen molar-refractivity contribution in [3.05, 3.63) is 143 Å². The summed E-state index contributed by atoms with van der Waals surface area (Å²) >= 11 is 0. The molecule has 310 valence electrons. The molecule has 0 N–H and O–H groups in total. The molecule has 0 amide bonds. The molecule has 0 fully saturated rings. The molecular formula is C53H53F5N2. The van der Waals surface area contributed by atoms with Crippen molar-refractivity contribution in [1.29, 1.82) is 0 Å². The molecule has 0 aliphatic rings. The summed E-state index contributed by atoms with van der Waals surface area (Å²) in [6, 6.07) is 29.9. The lowest BCUT2D eigenvalue weighted by molar-refractivity contribution is -0.137. The second kappa shape index (κ2) is 13.5. The highest BCUT2D eigenvalue weighted by molar-refractivity contribution is 6.12. The minimum atomic E-state index is -4.88. The zero-order chi connectivity index (χ0) is 43.6. The quantitative estimate of drug-likeness (QED) is 0.157. The SMILES string of the molecule is CC(C)(C)c1ccc2c(c1)c1cc(C(C)(C)C)ccc1n2-c1cc(-c2cc(F)cc(F)c2)cc(-n2c3ccc(C(C)(C)C)cc3c3cc(C(C)(C)C)ccc32)c1C(F)(F)F. The van der Waals surface area contributed by atoms with Crippen LogP contribution in [0.4, 0.5) is 22.0 Å². The van der Waals surface area contributed by atoms with E-state index in [0.717, 1.165) is 49.9 Å². The molecule has 0 unspecified atom stereocenters. The molecule has 8 aromatic rings. The lowest BCUT2D eigenvalue weighted by Gasteiger charge is -2.24. The van der Waals surface area contributed by atoms with E-state index in [4.69, 9.17) is 0 Å². The number of fused-ring (bicyclic) bond motifs is 6. The monoisotopic (exact) mass is 812 g/mol. The molecule has 0 bridgehead atoms. The van der Waals surface area contributed by atoms with E-state index in [0.29, 0.717) is 22.1 Å². The van der Waals surface area contributed by atoms with Crippen LogP contribution in [-0.2, 0) is 27.8 Å². The van der Waals surface area contributed by atoms with Crippen LogP contribution in [-0.4, -0.2) is 9.13 Å². The molecule has 8 rings (SSSR count). The molecule has 0 spiro atoms. The summed E-state index contributed by atoms with van der Waals surface area (Å²) in [5.74, 6) is -1.65. The minimum Gasteiger partial charge on any atom is -0.309 e. The van der Waals surface area contributed by atoms with Gasteiger partial charge in [0.2, 0.25) is 0 Å². The number of nitrogens with zero attached hydrogens (tertiary/aromatic N) is 2. The van der Waals surface area contributed by atoms with Crippen LogP contribution in [0.5, 0.6) is 0 Å². The van der Waals surface area contributed by atoms with Gasteiger partial charge in [-0.25, -0.2) is 8.78 Å². The molecule has 0 aliphatic carbocycles. The number of halogens is 5. The highest BCUT2D eigenvalue weighted by Gasteiger charge is 2.40. The van der Waals surface area contributed by atoms with Gasteiger partial charge in [-0.15, -0.1) is 0 Å². The van der Waals surface area contributed by atoms with Crippen LogP contribution in [0.15, 0.2) is 103 Å². The van der Waals surface area contributed by atoms with Gasteiger partial charge in [-0.1, -0.05) is 107 Å². The van der Waals surface area contributed by atoms with Crippen LogP contribution in [0, 0.1) is 11.6 Å². The van der Waals surface area contributed by atoms with E-state index in [1.807, 2.05) is 48.5 Å². The normalized spacial score (nSPS) is 13.4. The Kier molecular flexibility index (Phi) is 9.32. The molecule has 0 radical (unpaired) electrons. The Bertz CT molecular complexity index is 2680. The first-order chi connectivity index (χ1) is 27.7. The second-order valence-electron chi connectivity index (χ2n) is 20.6. The smallest absolute Gasteiger partial charge is 0.309 e. The van der Waals surface area contributed by atoms with Crippen molar-refractivity contribution in [2.75, 3.05) is 0 Å². The van der Waals surface area contributed by atoms with Gasteiger partial charge in [0.15, 0.2) is 0 Å². The molecule has 2 aromatic heterocycles. The Hall–Kier alpha value is -5.43. The lowest BCUT2D eigenvalue weighted by Crippen LogP contribution is -2.16. The molecule has 6 aromatic carbocycles. The summed E-state index contributed by atoms with van der Waals surface area (Å²) in [6.45, 7) is 25.4. The third-order valence-corrected chi connectivity index (χ3v) is 12.1. The Morgan fingerprint density at radius 1 is 0.350 bits per heavy atom. The predicted octanol–water partition coefficient (Wildman–Crippen LogP) is 16.0. The van der Waals surface area contributed by atoms with Gasteiger partial charge < -0.3 is 9.13 Å². The summed E-state index contributed by atoms with van der Waals surface area (Å²) in [7, 11) is 0. The molecule has 0 aliphatic heterocycles. The number of hydrogen-bond donors (Lipinski definition) is 0. The van der Waals surface area contributed by atoms with Crippen molar-refractivity contribution < 1.29 is 22.0 Å². The van der Waals surface area contributed by atoms with E-state index in [1.165, 1.54) is 24.3 Å². The van der Waals surface area contributed by atoms with Gasteiger partial charge in [0.25, 0.3) is 0 Å². The average molecular weight is 813 g/mol. The summed E-state index contributed by atoms with van der Waals surface area (Å²) < 4.78 is 83.0. The van der Waals surface area contributed by atoms with Crippen LogP contribution in [0.3, 0.4) is 0 Å². The molecule has 0 saturated carbocycles. The van der Waals surface area contributed by atoms with Crippen LogP contribution in [0.2, 0.25) is 0 Å². The fourth-order valence-electron chi connectivity index (χ4n) is 8.57. The van der Waals surface area contributed by atoms with E-state index in [-0.39, 0.29) is 44.2 Å². The zero-order valence-electron chi connectivity index (χ0n) is 36.6. The zero-order valence-corrected chi connectivity index (χ0v) is 36.6. The first-order valence-electron chi connectivity index (χ1n) is 20.6. The van der Waals surface area contributed by atoms with Crippen LogP contribution < -0.4 is 0 Å². The van der Waals surface area contributed by atoms with Gasteiger partial charge in [-0.3, -0.25) is 0 Å². The number of aromatic nitrogens is 2. The largest absolute Gasteiger partial charge is 0.420 e.